The number of carbonyl (C=O) groups excluding carboxylic acids is 2. The van der Waals surface area contributed by atoms with Crippen LogP contribution in [0.5, 0.6) is 5.75 Å². The number of aliphatic hydroxyl groups excluding tert-OH is 1. The van der Waals surface area contributed by atoms with Crippen LogP contribution >= 0.6 is 23.7 Å². The summed E-state index contributed by atoms with van der Waals surface area (Å²) < 4.78 is 5.77. The third-order valence-corrected chi connectivity index (χ3v) is 6.09. The van der Waals surface area contributed by atoms with Crippen LogP contribution in [-0.4, -0.2) is 59.9 Å². The molecule has 1 aromatic carbocycles. The first-order valence-corrected chi connectivity index (χ1v) is 11.3. The van der Waals surface area contributed by atoms with Crippen LogP contribution in [0.25, 0.3) is 5.76 Å². The van der Waals surface area contributed by atoms with Crippen molar-refractivity contribution in [3.63, 3.8) is 0 Å². The van der Waals surface area contributed by atoms with Crippen molar-refractivity contribution in [1.82, 2.24) is 9.80 Å². The molecule has 0 aliphatic carbocycles. The zero-order valence-corrected chi connectivity index (χ0v) is 20.8. The van der Waals surface area contributed by atoms with Crippen LogP contribution in [0, 0.1) is 6.92 Å². The molecule has 1 atom stereocenters. The Balaban J connectivity index is 0.00000363. The van der Waals surface area contributed by atoms with E-state index in [0.717, 1.165) is 29.2 Å². The summed E-state index contributed by atoms with van der Waals surface area (Å²) in [5.74, 6) is -0.618. The van der Waals surface area contributed by atoms with Gasteiger partial charge >= 0.3 is 0 Å². The molecule has 174 valence electrons. The maximum atomic E-state index is 13.0. The van der Waals surface area contributed by atoms with Crippen molar-refractivity contribution < 1.29 is 19.4 Å². The normalized spacial score (nSPS) is 17.8. The van der Waals surface area contributed by atoms with Gasteiger partial charge in [0.2, 0.25) is 0 Å². The number of Topliss-reactive ketones (excluding diaryl/α,β-unsaturated/α-hetero) is 1. The number of hydrogen-bond acceptors (Lipinski definition) is 6. The number of carbonyl (C=O) groups is 2. The Hall–Kier alpha value is -2.35. The summed E-state index contributed by atoms with van der Waals surface area (Å²) in [4.78, 5) is 30.4. The van der Waals surface area contributed by atoms with Gasteiger partial charge in [0.15, 0.2) is 0 Å². The van der Waals surface area contributed by atoms with Crippen molar-refractivity contribution in [2.24, 2.45) is 0 Å². The molecule has 1 fully saturated rings. The molecule has 1 unspecified atom stereocenters. The molecule has 2 heterocycles. The van der Waals surface area contributed by atoms with Gasteiger partial charge in [0, 0.05) is 17.0 Å². The van der Waals surface area contributed by atoms with Crippen LogP contribution < -0.4 is 4.74 Å². The van der Waals surface area contributed by atoms with Gasteiger partial charge in [0.1, 0.15) is 11.5 Å². The predicted octanol–water partition coefficient (Wildman–Crippen LogP) is 4.64. The quantitative estimate of drug-likeness (QED) is 0.340. The first-order chi connectivity index (χ1) is 14.7. The Labute approximate surface area is 199 Å². The second-order valence-electron chi connectivity index (χ2n) is 8.31. The van der Waals surface area contributed by atoms with E-state index in [1.54, 1.807) is 23.1 Å². The van der Waals surface area contributed by atoms with Crippen molar-refractivity contribution in [1.29, 1.82) is 0 Å². The Morgan fingerprint density at radius 1 is 1.25 bits per heavy atom. The minimum atomic E-state index is -0.638. The minimum absolute atomic E-state index is 0. The van der Waals surface area contributed by atoms with Crippen LogP contribution in [0.15, 0.2) is 41.3 Å². The number of ketones is 1. The lowest BCUT2D eigenvalue weighted by Crippen LogP contribution is -2.32. The van der Waals surface area contributed by atoms with Crippen molar-refractivity contribution in [2.75, 3.05) is 27.2 Å². The summed E-state index contributed by atoms with van der Waals surface area (Å²) in [5, 5.41) is 13.1. The number of thiophene rings is 1. The monoisotopic (exact) mass is 478 g/mol. The third kappa shape index (κ3) is 5.52. The van der Waals surface area contributed by atoms with Gasteiger partial charge < -0.3 is 19.6 Å². The Kier molecular flexibility index (Phi) is 8.89. The van der Waals surface area contributed by atoms with Crippen LogP contribution in [0.1, 0.15) is 42.3 Å². The van der Waals surface area contributed by atoms with E-state index in [1.165, 1.54) is 11.3 Å². The van der Waals surface area contributed by atoms with Gasteiger partial charge in [-0.15, -0.1) is 23.7 Å². The third-order valence-electron chi connectivity index (χ3n) is 5.17. The highest BCUT2D eigenvalue weighted by Gasteiger charge is 2.46. The molecule has 3 rings (SSSR count). The Bertz CT molecular complexity index is 986. The van der Waals surface area contributed by atoms with Crippen molar-refractivity contribution >= 4 is 41.2 Å². The molecule has 8 heteroatoms. The summed E-state index contributed by atoms with van der Waals surface area (Å²) in [7, 11) is 3.94. The summed E-state index contributed by atoms with van der Waals surface area (Å²) in [6, 6.07) is 8.52. The molecular formula is C24H31ClN2O4S. The molecule has 1 N–H and O–H groups in total. The molecule has 0 bridgehead atoms. The highest BCUT2D eigenvalue weighted by molar-refractivity contribution is 7.10. The van der Waals surface area contributed by atoms with Gasteiger partial charge in [-0.1, -0.05) is 6.07 Å². The SMILES string of the molecule is Cc1cc(/C(O)=C2\C(=O)C(=O)N(CCCN(C)C)C2c2cccs2)ccc1OC(C)C.Cl. The van der Waals surface area contributed by atoms with E-state index >= 15 is 0 Å². The first-order valence-electron chi connectivity index (χ1n) is 10.4. The number of amides is 1. The smallest absolute Gasteiger partial charge is 0.295 e. The van der Waals surface area contributed by atoms with Crippen molar-refractivity contribution in [3.05, 3.63) is 57.3 Å². The van der Waals surface area contributed by atoms with Crippen molar-refractivity contribution in [2.45, 2.75) is 39.3 Å². The number of hydrogen-bond donors (Lipinski definition) is 1. The number of likely N-dealkylation sites (tertiary alicyclic amines) is 1. The molecule has 1 aromatic heterocycles. The molecule has 6 nitrogen and oxygen atoms in total. The number of halogens is 1. The topological polar surface area (TPSA) is 70.1 Å². The summed E-state index contributed by atoms with van der Waals surface area (Å²) >= 11 is 1.47. The summed E-state index contributed by atoms with van der Waals surface area (Å²) in [6.07, 6.45) is 0.770. The lowest BCUT2D eigenvalue weighted by atomic mass is 9.98. The number of ether oxygens (including phenoxy) is 1. The van der Waals surface area contributed by atoms with Gasteiger partial charge in [0.25, 0.3) is 11.7 Å². The Morgan fingerprint density at radius 2 is 1.97 bits per heavy atom. The molecule has 1 amide bonds. The molecular weight excluding hydrogens is 448 g/mol. The molecule has 0 spiro atoms. The van der Waals surface area contributed by atoms with Gasteiger partial charge in [-0.3, -0.25) is 9.59 Å². The maximum absolute atomic E-state index is 13.0. The molecule has 2 aromatic rings. The lowest BCUT2D eigenvalue weighted by molar-refractivity contribution is -0.139. The van der Waals surface area contributed by atoms with Gasteiger partial charge in [-0.2, -0.15) is 0 Å². The van der Waals surface area contributed by atoms with Gasteiger partial charge in [-0.25, -0.2) is 0 Å². The van der Waals surface area contributed by atoms with E-state index in [4.69, 9.17) is 4.74 Å². The number of aryl methyl sites for hydroxylation is 1. The molecule has 0 radical (unpaired) electrons. The second kappa shape index (κ2) is 11.0. The zero-order chi connectivity index (χ0) is 22.7. The first kappa shape index (κ1) is 25.9. The molecule has 1 saturated heterocycles. The zero-order valence-electron chi connectivity index (χ0n) is 19.1. The minimum Gasteiger partial charge on any atom is -0.507 e. The van der Waals surface area contributed by atoms with Crippen LogP contribution in [0.4, 0.5) is 0 Å². The van der Waals surface area contributed by atoms with E-state index in [0.29, 0.717) is 12.1 Å². The highest BCUT2D eigenvalue weighted by atomic mass is 35.5. The van der Waals surface area contributed by atoms with Crippen molar-refractivity contribution in [3.8, 4) is 5.75 Å². The Morgan fingerprint density at radius 3 is 2.53 bits per heavy atom. The van der Waals surface area contributed by atoms with E-state index in [-0.39, 0.29) is 29.8 Å². The summed E-state index contributed by atoms with van der Waals surface area (Å²) in [6.45, 7) is 7.04. The average molecular weight is 479 g/mol. The largest absolute Gasteiger partial charge is 0.507 e. The van der Waals surface area contributed by atoms with E-state index in [9.17, 15) is 14.7 Å². The fourth-order valence-corrected chi connectivity index (χ4v) is 4.59. The van der Waals surface area contributed by atoms with E-state index in [2.05, 4.69) is 0 Å². The van der Waals surface area contributed by atoms with Gasteiger partial charge in [-0.05, 0) is 83.0 Å². The number of benzene rings is 1. The van der Waals surface area contributed by atoms with E-state index in [1.807, 2.05) is 57.3 Å². The summed E-state index contributed by atoms with van der Waals surface area (Å²) in [5.41, 5.74) is 1.50. The number of nitrogens with zero attached hydrogens (tertiary/aromatic N) is 2. The second-order valence-corrected chi connectivity index (χ2v) is 9.29. The maximum Gasteiger partial charge on any atom is 0.295 e. The van der Waals surface area contributed by atoms with Crippen LogP contribution in [0.2, 0.25) is 0 Å². The van der Waals surface area contributed by atoms with Crippen LogP contribution in [-0.2, 0) is 9.59 Å². The highest BCUT2D eigenvalue weighted by Crippen LogP contribution is 2.41. The van der Waals surface area contributed by atoms with Gasteiger partial charge in [0.05, 0.1) is 17.7 Å². The molecule has 32 heavy (non-hydrogen) atoms. The van der Waals surface area contributed by atoms with Crippen LogP contribution in [0.3, 0.4) is 0 Å². The molecule has 0 saturated carbocycles. The molecule has 1 aliphatic heterocycles. The average Bonchev–Trinajstić information content (AvgIpc) is 3.31. The molecule has 1 aliphatic rings. The lowest BCUT2D eigenvalue weighted by Gasteiger charge is -2.24. The fraction of sp³-hybridized carbons (Fsp3) is 0.417. The predicted molar refractivity (Wildman–Crippen MR) is 131 cm³/mol. The number of aliphatic hydroxyl groups is 1. The fourth-order valence-electron chi connectivity index (χ4n) is 3.75. The van der Waals surface area contributed by atoms with E-state index < -0.39 is 17.7 Å². The number of rotatable bonds is 8. The standard InChI is InChI=1S/C24H30N2O4S.ClH/c1-15(2)30-18-10-9-17(14-16(18)3)22(27)20-21(19-8-6-13-31-19)26(24(29)23(20)28)12-7-11-25(4)5;/h6,8-10,13-15,21,27H,7,11-12H2,1-5H3;1H/b22-20+;.